The second-order valence-corrected chi connectivity index (χ2v) is 8.23. The number of aliphatic hydroxyl groups excluding tert-OH is 1. The summed E-state index contributed by atoms with van der Waals surface area (Å²) in [5, 5.41) is 11.5. The fourth-order valence-electron chi connectivity index (χ4n) is 5.31. The lowest BCUT2D eigenvalue weighted by Crippen LogP contribution is -2.56. The largest absolute Gasteiger partial charge is 0.390 e. The quantitative estimate of drug-likeness (QED) is 0.826. The maximum absolute atomic E-state index is 13.2. The number of hydrogen-bond acceptors (Lipinski definition) is 4. The van der Waals surface area contributed by atoms with E-state index in [1.54, 1.807) is 23.1 Å². The first-order valence-corrected chi connectivity index (χ1v) is 8.91. The lowest BCUT2D eigenvalue weighted by atomic mass is 9.65. The minimum atomic E-state index is -0.678. The van der Waals surface area contributed by atoms with E-state index in [1.165, 1.54) is 0 Å². The van der Waals surface area contributed by atoms with Crippen LogP contribution in [0.5, 0.6) is 0 Å². The molecule has 4 heterocycles. The molecule has 4 fully saturated rings. The van der Waals surface area contributed by atoms with Crippen LogP contribution in [0.15, 0.2) is 18.2 Å². The van der Waals surface area contributed by atoms with Gasteiger partial charge in [-0.15, -0.1) is 0 Å². The van der Waals surface area contributed by atoms with Gasteiger partial charge in [-0.25, -0.2) is 0 Å². The van der Waals surface area contributed by atoms with E-state index in [9.17, 15) is 9.90 Å². The minimum absolute atomic E-state index is 0.0263. The maximum Gasteiger partial charge on any atom is 0.235 e. The highest BCUT2D eigenvalue weighted by molar-refractivity contribution is 6.42. The first-order chi connectivity index (χ1) is 11.4. The molecule has 5 rings (SSSR count). The van der Waals surface area contributed by atoms with Gasteiger partial charge in [0, 0.05) is 18.5 Å². The molecule has 24 heavy (non-hydrogen) atoms. The Balaban J connectivity index is 1.63. The number of carbonyl (C=O) groups excluding carboxylic acids is 1. The number of fused-ring (bicyclic) bond motifs is 2. The van der Waals surface area contributed by atoms with E-state index in [0.29, 0.717) is 35.2 Å². The van der Waals surface area contributed by atoms with E-state index in [4.69, 9.17) is 32.7 Å². The molecule has 1 spiro atoms. The average molecular weight is 370 g/mol. The van der Waals surface area contributed by atoms with Crippen molar-refractivity contribution in [1.29, 1.82) is 0 Å². The summed E-state index contributed by atoms with van der Waals surface area (Å²) in [6.07, 6.45) is 0.105. The van der Waals surface area contributed by atoms with E-state index >= 15 is 0 Å². The van der Waals surface area contributed by atoms with Crippen LogP contribution >= 0.6 is 23.2 Å². The Kier molecular flexibility index (Phi) is 2.99. The molecule has 5 nitrogen and oxygen atoms in total. The summed E-state index contributed by atoms with van der Waals surface area (Å²) in [5.74, 6) is -0.496. The highest BCUT2D eigenvalue weighted by Gasteiger charge is 2.78. The van der Waals surface area contributed by atoms with Crippen molar-refractivity contribution in [1.82, 2.24) is 0 Å². The Morgan fingerprint density at radius 3 is 2.88 bits per heavy atom. The number of anilines is 1. The number of hydrogen-bond donors (Lipinski definition) is 1. The number of carbonyl (C=O) groups is 1. The van der Waals surface area contributed by atoms with Crippen LogP contribution in [0.2, 0.25) is 10.0 Å². The van der Waals surface area contributed by atoms with Gasteiger partial charge in [0.25, 0.3) is 0 Å². The van der Waals surface area contributed by atoms with Gasteiger partial charge in [0.15, 0.2) is 0 Å². The highest BCUT2D eigenvalue weighted by atomic mass is 35.5. The Hall–Kier alpha value is -0.850. The van der Waals surface area contributed by atoms with Gasteiger partial charge in [-0.2, -0.15) is 0 Å². The summed E-state index contributed by atoms with van der Waals surface area (Å²) in [4.78, 5) is 14.9. The van der Waals surface area contributed by atoms with Gasteiger partial charge in [-0.05, 0) is 25.1 Å². The third-order valence-corrected chi connectivity index (χ3v) is 6.93. The second-order valence-electron chi connectivity index (χ2n) is 7.41. The Labute approximate surface area is 149 Å². The zero-order valence-corrected chi connectivity index (χ0v) is 14.5. The second kappa shape index (κ2) is 4.65. The predicted octanol–water partition coefficient (Wildman–Crippen LogP) is 2.61. The molecule has 0 unspecified atom stereocenters. The van der Waals surface area contributed by atoms with Gasteiger partial charge in [0.05, 0.1) is 40.2 Å². The number of halogens is 2. The molecule has 0 radical (unpaired) electrons. The Morgan fingerprint density at radius 1 is 1.33 bits per heavy atom. The molecule has 4 aliphatic heterocycles. The van der Waals surface area contributed by atoms with Crippen LogP contribution < -0.4 is 4.90 Å². The summed E-state index contributed by atoms with van der Waals surface area (Å²) < 4.78 is 12.2. The van der Waals surface area contributed by atoms with Crippen molar-refractivity contribution in [2.45, 2.75) is 43.3 Å². The first-order valence-electron chi connectivity index (χ1n) is 8.15. The van der Waals surface area contributed by atoms with Crippen LogP contribution in [0.25, 0.3) is 0 Å². The molecule has 4 aliphatic rings. The minimum Gasteiger partial charge on any atom is -0.390 e. The monoisotopic (exact) mass is 369 g/mol. The van der Waals surface area contributed by atoms with Gasteiger partial charge >= 0.3 is 0 Å². The van der Waals surface area contributed by atoms with Crippen LogP contribution in [0.1, 0.15) is 19.8 Å². The molecule has 0 aromatic heterocycles. The molecule has 6 atom stereocenters. The van der Waals surface area contributed by atoms with Crippen molar-refractivity contribution in [3.63, 3.8) is 0 Å². The third kappa shape index (κ3) is 1.65. The lowest BCUT2D eigenvalue weighted by Gasteiger charge is -2.43. The van der Waals surface area contributed by atoms with Crippen molar-refractivity contribution < 1.29 is 19.4 Å². The summed E-state index contributed by atoms with van der Waals surface area (Å²) in [7, 11) is 0. The van der Waals surface area contributed by atoms with Crippen molar-refractivity contribution in [2.24, 2.45) is 11.8 Å². The van der Waals surface area contributed by atoms with E-state index in [1.807, 2.05) is 6.92 Å². The van der Waals surface area contributed by atoms with Crippen LogP contribution in [-0.2, 0) is 14.3 Å². The van der Waals surface area contributed by atoms with Crippen LogP contribution in [0.3, 0.4) is 0 Å². The normalized spacial score (nSPS) is 45.8. The number of ether oxygens (including phenoxy) is 2. The standard InChI is InChI=1S/C17H17Cl2NO4/c1-16-7-11(21)17(24-16)4-5-23-15-13(17)12(16)14(22)20(15)8-2-3-9(18)10(19)6-8/h2-3,6,11-13,15,21H,4-5,7H2,1H3/t11-,12+,13-,15-,16+,17-/m0/s1. The zero-order valence-electron chi connectivity index (χ0n) is 13.0. The van der Waals surface area contributed by atoms with E-state index in [-0.39, 0.29) is 17.7 Å². The smallest absolute Gasteiger partial charge is 0.235 e. The van der Waals surface area contributed by atoms with Crippen molar-refractivity contribution >= 4 is 34.8 Å². The van der Waals surface area contributed by atoms with Crippen molar-refractivity contribution in [3.8, 4) is 0 Å². The number of nitrogens with zero attached hydrogens (tertiary/aromatic N) is 1. The fraction of sp³-hybridized carbons (Fsp3) is 0.588. The van der Waals surface area contributed by atoms with Gasteiger partial charge in [-0.3, -0.25) is 9.69 Å². The van der Waals surface area contributed by atoms with Crippen molar-refractivity contribution in [3.05, 3.63) is 28.2 Å². The lowest BCUT2D eigenvalue weighted by molar-refractivity contribution is -0.163. The number of rotatable bonds is 1. The molecule has 1 aromatic carbocycles. The van der Waals surface area contributed by atoms with Gasteiger partial charge in [0.2, 0.25) is 5.91 Å². The molecule has 1 aromatic rings. The van der Waals surface area contributed by atoms with Gasteiger partial charge in [0.1, 0.15) is 11.8 Å². The predicted molar refractivity (Wildman–Crippen MR) is 88.1 cm³/mol. The molecule has 4 saturated heterocycles. The summed E-state index contributed by atoms with van der Waals surface area (Å²) in [6, 6.07) is 5.15. The molecular formula is C17H17Cl2NO4. The maximum atomic E-state index is 13.2. The summed E-state index contributed by atoms with van der Waals surface area (Å²) in [6.45, 7) is 2.38. The molecule has 1 N–H and O–H groups in total. The SMILES string of the molecule is C[C@@]12C[C@H](O)[C@]3(CCO[C@H]4[C@@H]3[C@@H]1C(=O)N4c1ccc(Cl)c(Cl)c1)O2. The average Bonchev–Trinajstić information content (AvgIpc) is 3.07. The molecule has 0 aliphatic carbocycles. The van der Waals surface area contributed by atoms with Crippen LogP contribution in [0, 0.1) is 11.8 Å². The van der Waals surface area contributed by atoms with Crippen LogP contribution in [-0.4, -0.2) is 41.2 Å². The molecule has 128 valence electrons. The summed E-state index contributed by atoms with van der Waals surface area (Å²) in [5.41, 5.74) is -0.649. The fourth-order valence-corrected chi connectivity index (χ4v) is 5.60. The first kappa shape index (κ1) is 15.4. The highest BCUT2D eigenvalue weighted by Crippen LogP contribution is 2.65. The van der Waals surface area contributed by atoms with Crippen molar-refractivity contribution in [2.75, 3.05) is 11.5 Å². The Morgan fingerprint density at radius 2 is 2.12 bits per heavy atom. The van der Waals surface area contributed by atoms with Gasteiger partial charge < -0.3 is 14.6 Å². The number of aliphatic hydroxyl groups is 1. The topological polar surface area (TPSA) is 59.0 Å². The molecule has 1 amide bonds. The third-order valence-electron chi connectivity index (χ3n) is 6.20. The molecule has 0 saturated carbocycles. The zero-order chi connectivity index (χ0) is 16.9. The molecule has 2 bridgehead atoms. The van der Waals surface area contributed by atoms with E-state index in [2.05, 4.69) is 0 Å². The van der Waals surface area contributed by atoms with E-state index < -0.39 is 23.5 Å². The molecular weight excluding hydrogens is 353 g/mol. The molecule has 7 heteroatoms. The Bertz CT molecular complexity index is 758. The number of amides is 1. The number of benzene rings is 1. The van der Waals surface area contributed by atoms with Crippen LogP contribution in [0.4, 0.5) is 5.69 Å². The van der Waals surface area contributed by atoms with Gasteiger partial charge in [-0.1, -0.05) is 23.2 Å². The summed E-state index contributed by atoms with van der Waals surface area (Å²) >= 11 is 12.1. The van der Waals surface area contributed by atoms with E-state index in [0.717, 1.165) is 0 Å².